The number of hydrogen-bond acceptors (Lipinski definition) is 3. The van der Waals surface area contributed by atoms with Crippen LogP contribution >= 0.6 is 0 Å². The first kappa shape index (κ1) is 16.3. The summed E-state index contributed by atoms with van der Waals surface area (Å²) in [6.45, 7) is 5.84. The number of nitrogens with zero attached hydrogens (tertiary/aromatic N) is 2. The zero-order chi connectivity index (χ0) is 17.1. The van der Waals surface area contributed by atoms with E-state index in [1.807, 2.05) is 12.3 Å². The molecule has 0 radical (unpaired) electrons. The quantitative estimate of drug-likeness (QED) is 0.753. The summed E-state index contributed by atoms with van der Waals surface area (Å²) in [6, 6.07) is 18.9. The van der Waals surface area contributed by atoms with Gasteiger partial charge in [-0.05, 0) is 28.6 Å². The Balaban J connectivity index is 1.30. The average molecular weight is 335 g/mol. The van der Waals surface area contributed by atoms with E-state index in [2.05, 4.69) is 63.3 Å². The van der Waals surface area contributed by atoms with Gasteiger partial charge in [0.05, 0.1) is 6.10 Å². The van der Waals surface area contributed by atoms with Gasteiger partial charge in [-0.25, -0.2) is 0 Å². The molecule has 25 heavy (non-hydrogen) atoms. The lowest BCUT2D eigenvalue weighted by Gasteiger charge is -2.35. The summed E-state index contributed by atoms with van der Waals surface area (Å²) in [5.41, 5.74) is 3.45. The SMILES string of the molecule is O[C@H](CN1CCN(Cc2ccccc2)CC1)c1ccc2cc[nH]c2c1. The number of aliphatic hydroxyl groups is 1. The molecule has 1 aliphatic heterocycles. The summed E-state index contributed by atoms with van der Waals surface area (Å²) in [5, 5.41) is 11.8. The minimum Gasteiger partial charge on any atom is -0.387 e. The minimum absolute atomic E-state index is 0.437. The van der Waals surface area contributed by atoms with Crippen LogP contribution in [0.1, 0.15) is 17.2 Å². The Morgan fingerprint density at radius 1 is 0.920 bits per heavy atom. The summed E-state index contributed by atoms with van der Waals surface area (Å²) in [4.78, 5) is 8.07. The molecule has 1 aliphatic rings. The first-order chi connectivity index (χ1) is 12.3. The number of aromatic nitrogens is 1. The van der Waals surface area contributed by atoms with E-state index in [0.717, 1.165) is 43.8 Å². The Morgan fingerprint density at radius 2 is 1.68 bits per heavy atom. The molecule has 0 saturated carbocycles. The summed E-state index contributed by atoms with van der Waals surface area (Å²) in [7, 11) is 0. The van der Waals surface area contributed by atoms with E-state index in [0.29, 0.717) is 6.54 Å². The van der Waals surface area contributed by atoms with Crippen LogP contribution in [0.2, 0.25) is 0 Å². The van der Waals surface area contributed by atoms with Gasteiger partial charge in [-0.2, -0.15) is 0 Å². The number of fused-ring (bicyclic) bond motifs is 1. The van der Waals surface area contributed by atoms with Crippen LogP contribution in [0.15, 0.2) is 60.8 Å². The molecule has 0 unspecified atom stereocenters. The fourth-order valence-electron chi connectivity index (χ4n) is 3.59. The second kappa shape index (κ2) is 7.40. The highest BCUT2D eigenvalue weighted by Crippen LogP contribution is 2.21. The largest absolute Gasteiger partial charge is 0.387 e. The maximum Gasteiger partial charge on any atom is 0.0917 e. The number of rotatable bonds is 5. The van der Waals surface area contributed by atoms with Crippen LogP contribution in [0.3, 0.4) is 0 Å². The molecular weight excluding hydrogens is 310 g/mol. The number of β-amino-alcohol motifs (C(OH)–C–C–N with tert-alkyl or cyclic N) is 1. The Bertz CT molecular complexity index is 806. The third kappa shape index (κ3) is 3.93. The van der Waals surface area contributed by atoms with Gasteiger partial charge in [-0.1, -0.05) is 42.5 Å². The van der Waals surface area contributed by atoms with E-state index in [1.165, 1.54) is 10.9 Å². The molecule has 4 nitrogen and oxygen atoms in total. The smallest absolute Gasteiger partial charge is 0.0917 e. The molecule has 1 aromatic heterocycles. The van der Waals surface area contributed by atoms with Crippen molar-refractivity contribution in [2.24, 2.45) is 0 Å². The molecule has 130 valence electrons. The molecule has 2 heterocycles. The van der Waals surface area contributed by atoms with Crippen LogP contribution in [0, 0.1) is 0 Å². The molecule has 1 atom stereocenters. The first-order valence-electron chi connectivity index (χ1n) is 9.02. The molecule has 0 spiro atoms. The van der Waals surface area contributed by atoms with Crippen LogP contribution in [0.25, 0.3) is 10.9 Å². The van der Waals surface area contributed by atoms with Crippen LogP contribution < -0.4 is 0 Å². The van der Waals surface area contributed by atoms with Gasteiger partial charge in [0, 0.05) is 51.0 Å². The molecule has 4 heteroatoms. The van der Waals surface area contributed by atoms with Gasteiger partial charge in [0.25, 0.3) is 0 Å². The van der Waals surface area contributed by atoms with Gasteiger partial charge in [-0.15, -0.1) is 0 Å². The maximum atomic E-state index is 10.6. The minimum atomic E-state index is -0.437. The van der Waals surface area contributed by atoms with Crippen molar-refractivity contribution >= 4 is 10.9 Å². The molecule has 0 bridgehead atoms. The number of aromatic amines is 1. The summed E-state index contributed by atoms with van der Waals surface area (Å²) in [6.07, 6.45) is 1.50. The van der Waals surface area contributed by atoms with Crippen molar-refractivity contribution in [3.63, 3.8) is 0 Å². The Hall–Kier alpha value is -2.14. The van der Waals surface area contributed by atoms with Gasteiger partial charge in [0.1, 0.15) is 0 Å². The van der Waals surface area contributed by atoms with Gasteiger partial charge < -0.3 is 10.1 Å². The fourth-order valence-corrected chi connectivity index (χ4v) is 3.59. The number of piperazine rings is 1. The first-order valence-corrected chi connectivity index (χ1v) is 9.02. The lowest BCUT2D eigenvalue weighted by Crippen LogP contribution is -2.47. The molecule has 0 aliphatic carbocycles. The van der Waals surface area contributed by atoms with Gasteiger partial charge >= 0.3 is 0 Å². The summed E-state index contributed by atoms with van der Waals surface area (Å²) in [5.74, 6) is 0. The predicted molar refractivity (Wildman–Crippen MR) is 101 cm³/mol. The summed E-state index contributed by atoms with van der Waals surface area (Å²) < 4.78 is 0. The molecule has 0 amide bonds. The highest BCUT2D eigenvalue weighted by atomic mass is 16.3. The van der Waals surface area contributed by atoms with E-state index in [9.17, 15) is 5.11 Å². The number of H-pyrrole nitrogens is 1. The second-order valence-electron chi connectivity index (χ2n) is 6.90. The molecule has 4 rings (SSSR count). The summed E-state index contributed by atoms with van der Waals surface area (Å²) >= 11 is 0. The van der Waals surface area contributed by atoms with E-state index in [4.69, 9.17) is 0 Å². The Kier molecular flexibility index (Phi) is 4.83. The lowest BCUT2D eigenvalue weighted by atomic mass is 10.1. The molecule has 3 aromatic rings. The van der Waals surface area contributed by atoms with Crippen LogP contribution in [0.5, 0.6) is 0 Å². The lowest BCUT2D eigenvalue weighted by molar-refractivity contribution is 0.0701. The Labute approximate surface area is 148 Å². The van der Waals surface area contributed by atoms with Crippen LogP contribution in [-0.4, -0.2) is 52.6 Å². The van der Waals surface area contributed by atoms with Crippen molar-refractivity contribution in [1.82, 2.24) is 14.8 Å². The standard InChI is InChI=1S/C21H25N3O/c25-21(19-7-6-18-8-9-22-20(18)14-19)16-24-12-10-23(11-13-24)15-17-4-2-1-3-5-17/h1-9,14,21-22,25H,10-13,15-16H2/t21-/m1/s1. The zero-order valence-corrected chi connectivity index (χ0v) is 14.4. The third-order valence-electron chi connectivity index (χ3n) is 5.11. The molecule has 2 aromatic carbocycles. The van der Waals surface area contributed by atoms with Crippen LogP contribution in [0.4, 0.5) is 0 Å². The molecule has 1 saturated heterocycles. The van der Waals surface area contributed by atoms with Crippen molar-refractivity contribution in [3.8, 4) is 0 Å². The molecule has 1 fully saturated rings. The normalized spacial score (nSPS) is 17.8. The maximum absolute atomic E-state index is 10.6. The fraction of sp³-hybridized carbons (Fsp3) is 0.333. The average Bonchev–Trinajstić information content (AvgIpc) is 3.12. The van der Waals surface area contributed by atoms with E-state index < -0.39 is 6.10 Å². The number of benzene rings is 2. The number of nitrogens with one attached hydrogen (secondary N) is 1. The van der Waals surface area contributed by atoms with Gasteiger partial charge in [0.2, 0.25) is 0 Å². The van der Waals surface area contributed by atoms with Crippen LogP contribution in [-0.2, 0) is 6.54 Å². The van der Waals surface area contributed by atoms with Crippen molar-refractivity contribution in [1.29, 1.82) is 0 Å². The highest BCUT2D eigenvalue weighted by Gasteiger charge is 2.20. The molecule has 2 N–H and O–H groups in total. The monoisotopic (exact) mass is 335 g/mol. The number of aliphatic hydroxyl groups excluding tert-OH is 1. The van der Waals surface area contributed by atoms with Gasteiger partial charge in [-0.3, -0.25) is 9.80 Å². The Morgan fingerprint density at radius 3 is 2.48 bits per heavy atom. The van der Waals surface area contributed by atoms with Crippen molar-refractivity contribution in [2.45, 2.75) is 12.6 Å². The predicted octanol–water partition coefficient (Wildman–Crippen LogP) is 3.02. The van der Waals surface area contributed by atoms with Crippen molar-refractivity contribution in [3.05, 3.63) is 71.9 Å². The van der Waals surface area contributed by atoms with E-state index >= 15 is 0 Å². The van der Waals surface area contributed by atoms with Crippen molar-refractivity contribution in [2.75, 3.05) is 32.7 Å². The highest BCUT2D eigenvalue weighted by molar-refractivity contribution is 5.79. The van der Waals surface area contributed by atoms with E-state index in [-0.39, 0.29) is 0 Å². The van der Waals surface area contributed by atoms with E-state index in [1.54, 1.807) is 0 Å². The number of hydrogen-bond donors (Lipinski definition) is 2. The van der Waals surface area contributed by atoms with Gasteiger partial charge in [0.15, 0.2) is 0 Å². The molecular formula is C21H25N3O. The van der Waals surface area contributed by atoms with Crippen molar-refractivity contribution < 1.29 is 5.11 Å². The topological polar surface area (TPSA) is 42.5 Å². The second-order valence-corrected chi connectivity index (χ2v) is 6.90. The third-order valence-corrected chi connectivity index (χ3v) is 5.11. The zero-order valence-electron chi connectivity index (χ0n) is 14.4.